The highest BCUT2D eigenvalue weighted by Gasteiger charge is 2.19. The maximum atomic E-state index is 4.26. The summed E-state index contributed by atoms with van der Waals surface area (Å²) in [5.41, 5.74) is 1.01. The van der Waals surface area contributed by atoms with Gasteiger partial charge in [0.2, 0.25) is 0 Å². The Hall–Kier alpha value is -0.520. The molecule has 2 rings (SSSR count). The van der Waals surface area contributed by atoms with Crippen LogP contribution in [0.2, 0.25) is 0 Å². The number of nitrogens with zero attached hydrogens (tertiary/aromatic N) is 3. The van der Waals surface area contributed by atoms with E-state index in [1.807, 2.05) is 6.20 Å². The Balaban J connectivity index is 2.08. The molecule has 70 valence electrons. The molecule has 1 unspecified atom stereocenters. The van der Waals surface area contributed by atoms with Crippen LogP contribution >= 0.6 is 16.1 Å². The van der Waals surface area contributed by atoms with Gasteiger partial charge in [-0.05, 0) is 0 Å². The van der Waals surface area contributed by atoms with E-state index in [1.54, 1.807) is 12.4 Å². The molecule has 0 aliphatic carbocycles. The van der Waals surface area contributed by atoms with Gasteiger partial charge in [-0.2, -0.15) is 0 Å². The van der Waals surface area contributed by atoms with Gasteiger partial charge in [0.25, 0.3) is 0 Å². The quantitative estimate of drug-likeness (QED) is 0.738. The van der Waals surface area contributed by atoms with Crippen LogP contribution in [0.15, 0.2) is 18.6 Å². The van der Waals surface area contributed by atoms with Crippen molar-refractivity contribution in [1.82, 2.24) is 19.2 Å². The fourth-order valence-electron chi connectivity index (χ4n) is 1.40. The zero-order valence-corrected chi connectivity index (χ0v) is 8.74. The summed E-state index contributed by atoms with van der Waals surface area (Å²) >= 11 is 3.47. The second kappa shape index (κ2) is 4.13. The second-order valence-corrected chi connectivity index (χ2v) is 4.01. The van der Waals surface area contributed by atoms with Crippen molar-refractivity contribution in [2.24, 2.45) is 0 Å². The average molecular weight is 243 g/mol. The Morgan fingerprint density at radius 3 is 3.15 bits per heavy atom. The zero-order chi connectivity index (χ0) is 9.10. The molecule has 1 aromatic heterocycles. The fraction of sp³-hybridized carbons (Fsp3) is 0.500. The van der Waals surface area contributed by atoms with Crippen LogP contribution in [0.4, 0.5) is 0 Å². The first kappa shape index (κ1) is 9.05. The van der Waals surface area contributed by atoms with E-state index < -0.39 is 0 Å². The fourth-order valence-corrected chi connectivity index (χ4v) is 1.87. The van der Waals surface area contributed by atoms with Crippen LogP contribution in [0.25, 0.3) is 0 Å². The van der Waals surface area contributed by atoms with E-state index in [4.69, 9.17) is 0 Å². The van der Waals surface area contributed by atoms with Crippen molar-refractivity contribution in [2.45, 2.75) is 6.04 Å². The highest BCUT2D eigenvalue weighted by atomic mass is 79.9. The first-order valence-corrected chi connectivity index (χ1v) is 4.97. The maximum Gasteiger partial charge on any atom is 0.0769 e. The lowest BCUT2D eigenvalue weighted by Gasteiger charge is -2.28. The summed E-state index contributed by atoms with van der Waals surface area (Å²) in [6.07, 6.45) is 5.23. The van der Waals surface area contributed by atoms with Crippen molar-refractivity contribution in [1.29, 1.82) is 0 Å². The van der Waals surface area contributed by atoms with E-state index >= 15 is 0 Å². The molecule has 1 N–H and O–H groups in total. The van der Waals surface area contributed by atoms with E-state index in [0.29, 0.717) is 6.04 Å². The molecule has 5 heteroatoms. The van der Waals surface area contributed by atoms with Crippen LogP contribution in [0.5, 0.6) is 0 Å². The Bertz CT molecular complexity index is 266. The van der Waals surface area contributed by atoms with Gasteiger partial charge >= 0.3 is 0 Å². The number of aromatic nitrogens is 2. The van der Waals surface area contributed by atoms with Gasteiger partial charge in [-0.1, -0.05) is 0 Å². The zero-order valence-electron chi connectivity index (χ0n) is 7.15. The molecule has 0 saturated carbocycles. The van der Waals surface area contributed by atoms with E-state index in [0.717, 1.165) is 25.3 Å². The van der Waals surface area contributed by atoms with Crippen LogP contribution in [0, 0.1) is 0 Å². The van der Waals surface area contributed by atoms with Gasteiger partial charge in [0.05, 0.1) is 17.9 Å². The first-order chi connectivity index (χ1) is 6.36. The largest absolute Gasteiger partial charge is 0.306 e. The number of hydrogen-bond acceptors (Lipinski definition) is 4. The predicted octanol–water partition coefficient (Wildman–Crippen LogP) is 0.733. The Labute approximate surface area is 85.7 Å². The molecule has 1 aromatic rings. The summed E-state index contributed by atoms with van der Waals surface area (Å²) in [7, 11) is 0. The molecule has 1 saturated heterocycles. The van der Waals surface area contributed by atoms with Gasteiger partial charge in [-0.3, -0.25) is 9.97 Å². The lowest BCUT2D eigenvalue weighted by molar-refractivity contribution is 0.329. The number of hydrogen-bond donors (Lipinski definition) is 1. The third kappa shape index (κ3) is 2.24. The molecule has 2 heterocycles. The SMILES string of the molecule is BrN1CCNC(c2cnccn2)C1. The molecule has 13 heavy (non-hydrogen) atoms. The molecule has 1 aliphatic heterocycles. The summed E-state index contributed by atoms with van der Waals surface area (Å²) < 4.78 is 2.11. The van der Waals surface area contributed by atoms with Crippen LogP contribution in [0.3, 0.4) is 0 Å². The van der Waals surface area contributed by atoms with Crippen LogP contribution in [-0.2, 0) is 0 Å². The minimum Gasteiger partial charge on any atom is -0.306 e. The molecule has 1 atom stereocenters. The molecule has 0 aromatic carbocycles. The monoisotopic (exact) mass is 242 g/mol. The van der Waals surface area contributed by atoms with Crippen LogP contribution in [0.1, 0.15) is 11.7 Å². The molecule has 1 fully saturated rings. The Morgan fingerprint density at radius 2 is 2.46 bits per heavy atom. The first-order valence-electron chi connectivity index (χ1n) is 4.26. The smallest absolute Gasteiger partial charge is 0.0769 e. The molecule has 1 aliphatic rings. The highest BCUT2D eigenvalue weighted by molar-refractivity contribution is 9.07. The summed E-state index contributed by atoms with van der Waals surface area (Å²) in [5.74, 6) is 0. The van der Waals surface area contributed by atoms with Gasteiger partial charge < -0.3 is 5.32 Å². The molecular formula is C8H11BrN4. The van der Waals surface area contributed by atoms with Crippen molar-refractivity contribution >= 4 is 16.1 Å². The second-order valence-electron chi connectivity index (χ2n) is 3.01. The van der Waals surface area contributed by atoms with Gasteiger partial charge in [0, 0.05) is 48.2 Å². The summed E-state index contributed by atoms with van der Waals surface area (Å²) in [4.78, 5) is 8.31. The van der Waals surface area contributed by atoms with Crippen molar-refractivity contribution in [3.05, 3.63) is 24.3 Å². The van der Waals surface area contributed by atoms with Crippen molar-refractivity contribution in [3.63, 3.8) is 0 Å². The van der Waals surface area contributed by atoms with Crippen LogP contribution in [-0.4, -0.2) is 33.5 Å². The van der Waals surface area contributed by atoms with E-state index in [2.05, 4.69) is 35.4 Å². The summed E-state index contributed by atoms with van der Waals surface area (Å²) in [5, 5.41) is 3.39. The predicted molar refractivity (Wildman–Crippen MR) is 53.3 cm³/mol. The average Bonchev–Trinajstić information content (AvgIpc) is 2.19. The van der Waals surface area contributed by atoms with Gasteiger partial charge in [-0.25, -0.2) is 3.93 Å². The van der Waals surface area contributed by atoms with Gasteiger partial charge in [-0.15, -0.1) is 0 Å². The molecule has 0 amide bonds. The van der Waals surface area contributed by atoms with Crippen LogP contribution < -0.4 is 5.32 Å². The van der Waals surface area contributed by atoms with E-state index in [-0.39, 0.29) is 0 Å². The van der Waals surface area contributed by atoms with Crippen molar-refractivity contribution in [2.75, 3.05) is 19.6 Å². The topological polar surface area (TPSA) is 41.0 Å². The molecule has 0 radical (unpaired) electrons. The van der Waals surface area contributed by atoms with E-state index in [9.17, 15) is 0 Å². The maximum absolute atomic E-state index is 4.26. The number of piperazine rings is 1. The van der Waals surface area contributed by atoms with Crippen molar-refractivity contribution < 1.29 is 0 Å². The minimum absolute atomic E-state index is 0.293. The Morgan fingerprint density at radius 1 is 1.54 bits per heavy atom. The molecule has 4 nitrogen and oxygen atoms in total. The molecule has 0 bridgehead atoms. The van der Waals surface area contributed by atoms with E-state index in [1.165, 1.54) is 0 Å². The highest BCUT2D eigenvalue weighted by Crippen LogP contribution is 2.15. The lowest BCUT2D eigenvalue weighted by Crippen LogP contribution is -2.41. The molecule has 0 spiro atoms. The van der Waals surface area contributed by atoms with Gasteiger partial charge in [0.15, 0.2) is 0 Å². The number of rotatable bonds is 1. The number of nitrogens with one attached hydrogen (secondary N) is 1. The van der Waals surface area contributed by atoms with Crippen molar-refractivity contribution in [3.8, 4) is 0 Å². The number of halogens is 1. The Kier molecular flexibility index (Phi) is 2.87. The van der Waals surface area contributed by atoms with Gasteiger partial charge in [0.1, 0.15) is 0 Å². The lowest BCUT2D eigenvalue weighted by atomic mass is 10.2. The normalized spacial score (nSPS) is 24.5. The standard InChI is InChI=1S/C8H11BrN4/c9-13-4-3-12-8(6-13)7-5-10-1-2-11-7/h1-2,5,8,12H,3-4,6H2. The minimum atomic E-state index is 0.293. The third-order valence-corrected chi connectivity index (χ3v) is 2.71. The summed E-state index contributed by atoms with van der Waals surface area (Å²) in [6.45, 7) is 2.93. The molecular weight excluding hydrogens is 232 g/mol. The third-order valence-electron chi connectivity index (χ3n) is 2.07. The summed E-state index contributed by atoms with van der Waals surface area (Å²) in [6, 6.07) is 0.293.